The number of nitrogens with zero attached hydrogens (tertiary/aromatic N) is 2. The van der Waals surface area contributed by atoms with Gasteiger partial charge in [-0.15, -0.1) is 0 Å². The third kappa shape index (κ3) is 4.56. The maximum absolute atomic E-state index is 13.7. The number of hydrogen-bond acceptors (Lipinski definition) is 1. The average Bonchev–Trinajstić information content (AvgIpc) is 3.49. The lowest BCUT2D eigenvalue weighted by Gasteiger charge is -2.21. The first kappa shape index (κ1) is 21.4. The number of halogens is 1. The van der Waals surface area contributed by atoms with Crippen LogP contribution in [0.2, 0.25) is 0 Å². The van der Waals surface area contributed by atoms with Gasteiger partial charge in [-0.2, -0.15) is 0 Å². The molecule has 0 saturated carbocycles. The van der Waals surface area contributed by atoms with E-state index < -0.39 is 0 Å². The van der Waals surface area contributed by atoms with E-state index in [1.54, 1.807) is 0 Å². The number of benzene rings is 3. The van der Waals surface area contributed by atoms with Crippen LogP contribution in [0, 0.1) is 12.7 Å². The van der Waals surface area contributed by atoms with Crippen LogP contribution in [0.4, 0.5) is 4.39 Å². The molecule has 0 aliphatic carbocycles. The van der Waals surface area contributed by atoms with E-state index in [9.17, 15) is 9.18 Å². The van der Waals surface area contributed by atoms with Crippen molar-refractivity contribution in [2.45, 2.75) is 38.6 Å². The Labute approximate surface area is 194 Å². The quantitative estimate of drug-likeness (QED) is 0.346. The van der Waals surface area contributed by atoms with Crippen molar-refractivity contribution in [3.63, 3.8) is 0 Å². The van der Waals surface area contributed by atoms with Gasteiger partial charge in [0, 0.05) is 49.1 Å². The second kappa shape index (κ2) is 9.22. The number of likely N-dealkylation sites (tertiary alicyclic amines) is 1. The summed E-state index contributed by atoms with van der Waals surface area (Å²) < 4.78 is 16.0. The molecule has 3 aromatic carbocycles. The predicted octanol–water partition coefficient (Wildman–Crippen LogP) is 6.28. The van der Waals surface area contributed by atoms with E-state index in [-0.39, 0.29) is 17.6 Å². The molecule has 2 heterocycles. The van der Waals surface area contributed by atoms with Gasteiger partial charge in [-0.1, -0.05) is 60.2 Å². The fraction of sp³-hybridized carbons (Fsp3) is 0.276. The zero-order chi connectivity index (χ0) is 22.8. The van der Waals surface area contributed by atoms with Gasteiger partial charge < -0.3 is 9.47 Å². The largest absolute Gasteiger partial charge is 0.343 e. The minimum absolute atomic E-state index is 0.122. The van der Waals surface area contributed by atoms with Gasteiger partial charge in [0.2, 0.25) is 5.91 Å². The molecule has 5 rings (SSSR count). The molecule has 0 unspecified atom stereocenters. The highest BCUT2D eigenvalue weighted by Crippen LogP contribution is 2.36. The molecule has 1 fully saturated rings. The first-order chi connectivity index (χ1) is 16.1. The lowest BCUT2D eigenvalue weighted by molar-refractivity contribution is -0.130. The van der Waals surface area contributed by atoms with Crippen LogP contribution in [0.15, 0.2) is 79.0 Å². The van der Waals surface area contributed by atoms with Crippen molar-refractivity contribution >= 4 is 16.8 Å². The zero-order valence-electron chi connectivity index (χ0n) is 19.0. The van der Waals surface area contributed by atoms with Crippen molar-refractivity contribution in [3.05, 3.63) is 107 Å². The van der Waals surface area contributed by atoms with Crippen molar-refractivity contribution in [1.82, 2.24) is 9.47 Å². The van der Waals surface area contributed by atoms with Crippen molar-refractivity contribution in [2.75, 3.05) is 13.1 Å². The van der Waals surface area contributed by atoms with Crippen LogP contribution in [0.5, 0.6) is 0 Å². The van der Waals surface area contributed by atoms with Crippen molar-refractivity contribution in [2.24, 2.45) is 0 Å². The Morgan fingerprint density at radius 2 is 1.64 bits per heavy atom. The molecular weight excluding hydrogens is 411 g/mol. The van der Waals surface area contributed by atoms with Crippen LogP contribution >= 0.6 is 0 Å². The highest BCUT2D eigenvalue weighted by molar-refractivity contribution is 5.87. The number of carbonyl (C=O) groups excluding carboxylic acids is 1. The number of aryl methyl sites for hydroxylation is 1. The summed E-state index contributed by atoms with van der Waals surface area (Å²) in [5.74, 6) is -0.203. The summed E-state index contributed by atoms with van der Waals surface area (Å²) in [6.07, 6.45) is 4.73. The molecule has 1 aliphatic heterocycles. The Hall–Kier alpha value is -3.40. The third-order valence-corrected chi connectivity index (χ3v) is 6.78. The average molecular weight is 441 g/mol. The number of rotatable bonds is 6. The Morgan fingerprint density at radius 3 is 2.36 bits per heavy atom. The van der Waals surface area contributed by atoms with Gasteiger partial charge in [0.05, 0.1) is 0 Å². The van der Waals surface area contributed by atoms with E-state index in [0.717, 1.165) is 54.5 Å². The second-order valence-corrected chi connectivity index (χ2v) is 9.11. The molecule has 3 nitrogen and oxygen atoms in total. The molecular formula is C29H29FN2O. The standard InChI is InChI=1S/C29H29FN2O/c1-21-8-10-22(11-9-21)19-32-20-27(25-6-2-3-7-28(25)32)26(23-12-14-24(30)15-13-23)18-29(33)31-16-4-5-17-31/h2-3,6-15,20,26H,4-5,16-19H2,1H3/t26-/m0/s1. The van der Waals surface area contributed by atoms with Crippen LogP contribution in [0.3, 0.4) is 0 Å². The number of carbonyl (C=O) groups is 1. The molecule has 1 atom stereocenters. The van der Waals surface area contributed by atoms with E-state index in [4.69, 9.17) is 0 Å². The summed E-state index contributed by atoms with van der Waals surface area (Å²) in [6.45, 7) is 4.53. The van der Waals surface area contributed by atoms with E-state index in [1.807, 2.05) is 23.1 Å². The molecule has 0 bridgehead atoms. The molecule has 1 saturated heterocycles. The van der Waals surface area contributed by atoms with E-state index in [1.165, 1.54) is 23.3 Å². The van der Waals surface area contributed by atoms with Gasteiger partial charge in [0.1, 0.15) is 5.82 Å². The van der Waals surface area contributed by atoms with Gasteiger partial charge in [-0.25, -0.2) is 4.39 Å². The van der Waals surface area contributed by atoms with Gasteiger partial charge in [0.25, 0.3) is 0 Å². The fourth-order valence-corrected chi connectivity index (χ4v) is 4.95. The summed E-state index contributed by atoms with van der Waals surface area (Å²) in [5.41, 5.74) is 5.72. The van der Waals surface area contributed by atoms with E-state index in [2.05, 4.69) is 60.2 Å². The molecule has 4 aromatic rings. The molecule has 4 heteroatoms. The minimum atomic E-state index is -0.259. The first-order valence-electron chi connectivity index (χ1n) is 11.7. The highest BCUT2D eigenvalue weighted by Gasteiger charge is 2.26. The highest BCUT2D eigenvalue weighted by atomic mass is 19.1. The van der Waals surface area contributed by atoms with Crippen molar-refractivity contribution in [1.29, 1.82) is 0 Å². The Bertz CT molecular complexity index is 1250. The SMILES string of the molecule is Cc1ccc(Cn2cc([C@@H](CC(=O)N3CCCC3)c3ccc(F)cc3)c3ccccc32)cc1. The lowest BCUT2D eigenvalue weighted by atomic mass is 9.88. The fourth-order valence-electron chi connectivity index (χ4n) is 4.95. The van der Waals surface area contributed by atoms with Gasteiger partial charge in [0.15, 0.2) is 0 Å². The van der Waals surface area contributed by atoms with Gasteiger partial charge in [-0.3, -0.25) is 4.79 Å². The lowest BCUT2D eigenvalue weighted by Crippen LogP contribution is -2.29. The maximum Gasteiger partial charge on any atom is 0.223 e. The monoisotopic (exact) mass is 440 g/mol. The zero-order valence-corrected chi connectivity index (χ0v) is 19.0. The molecule has 1 aromatic heterocycles. The van der Waals surface area contributed by atoms with Crippen LogP contribution in [-0.4, -0.2) is 28.5 Å². The number of hydrogen-bond donors (Lipinski definition) is 0. The van der Waals surface area contributed by atoms with Gasteiger partial charge >= 0.3 is 0 Å². The number of fused-ring (bicyclic) bond motifs is 1. The Balaban J connectivity index is 1.56. The molecule has 0 N–H and O–H groups in total. The van der Waals surface area contributed by atoms with Gasteiger partial charge in [-0.05, 0) is 54.7 Å². The molecule has 0 radical (unpaired) electrons. The topological polar surface area (TPSA) is 25.2 Å². The van der Waals surface area contributed by atoms with Crippen LogP contribution < -0.4 is 0 Å². The smallest absolute Gasteiger partial charge is 0.223 e. The van der Waals surface area contributed by atoms with Crippen LogP contribution in [0.25, 0.3) is 10.9 Å². The molecule has 1 amide bonds. The van der Waals surface area contributed by atoms with E-state index >= 15 is 0 Å². The number of para-hydroxylation sites is 1. The molecule has 1 aliphatic rings. The molecule has 168 valence electrons. The summed E-state index contributed by atoms with van der Waals surface area (Å²) in [6, 6.07) is 23.6. The summed E-state index contributed by atoms with van der Waals surface area (Å²) in [4.78, 5) is 15.2. The number of aromatic nitrogens is 1. The van der Waals surface area contributed by atoms with Crippen molar-refractivity contribution < 1.29 is 9.18 Å². The predicted molar refractivity (Wildman–Crippen MR) is 131 cm³/mol. The summed E-state index contributed by atoms with van der Waals surface area (Å²) in [7, 11) is 0. The normalized spacial score (nSPS) is 14.7. The first-order valence-corrected chi connectivity index (χ1v) is 11.7. The second-order valence-electron chi connectivity index (χ2n) is 9.11. The summed E-state index contributed by atoms with van der Waals surface area (Å²) in [5, 5.41) is 1.15. The Kier molecular flexibility index (Phi) is 5.99. The minimum Gasteiger partial charge on any atom is -0.343 e. The van der Waals surface area contributed by atoms with Crippen molar-refractivity contribution in [3.8, 4) is 0 Å². The Morgan fingerprint density at radius 1 is 0.939 bits per heavy atom. The summed E-state index contributed by atoms with van der Waals surface area (Å²) >= 11 is 0. The van der Waals surface area contributed by atoms with Crippen LogP contribution in [-0.2, 0) is 11.3 Å². The molecule has 33 heavy (non-hydrogen) atoms. The molecule has 0 spiro atoms. The van der Waals surface area contributed by atoms with E-state index in [0.29, 0.717) is 6.42 Å². The van der Waals surface area contributed by atoms with Crippen LogP contribution in [0.1, 0.15) is 47.4 Å². The number of amides is 1. The maximum atomic E-state index is 13.7. The third-order valence-electron chi connectivity index (χ3n) is 6.78.